The normalized spacial score (nSPS) is 23.3. The molecule has 3 amide bonds. The molecule has 1 atom stereocenters. The summed E-state index contributed by atoms with van der Waals surface area (Å²) in [5.74, 6) is 0.581. The monoisotopic (exact) mass is 264 g/mol. The van der Waals surface area contributed by atoms with Crippen molar-refractivity contribution in [3.8, 4) is 0 Å². The third-order valence-electron chi connectivity index (χ3n) is 3.15. The van der Waals surface area contributed by atoms with E-state index in [9.17, 15) is 9.59 Å². The highest BCUT2D eigenvalue weighted by molar-refractivity contribution is 7.98. The summed E-state index contributed by atoms with van der Waals surface area (Å²) in [5, 5.41) is 2.78. The van der Waals surface area contributed by atoms with E-state index in [2.05, 4.69) is 5.32 Å². The van der Waals surface area contributed by atoms with Crippen LogP contribution in [0, 0.1) is 0 Å². The molecule has 1 aliphatic rings. The fraction of sp³-hybridized carbons (Fsp3) is 0.385. The lowest BCUT2D eigenvalue weighted by Crippen LogP contribution is -2.41. The minimum absolute atomic E-state index is 0.173. The van der Waals surface area contributed by atoms with E-state index in [1.165, 1.54) is 4.90 Å². The van der Waals surface area contributed by atoms with Crippen molar-refractivity contribution in [1.82, 2.24) is 10.2 Å². The highest BCUT2D eigenvalue weighted by Gasteiger charge is 2.48. The van der Waals surface area contributed by atoms with Crippen molar-refractivity contribution in [2.45, 2.75) is 12.5 Å². The number of nitrogens with one attached hydrogen (secondary N) is 1. The number of imide groups is 1. The minimum atomic E-state index is -0.934. The van der Waals surface area contributed by atoms with Crippen molar-refractivity contribution in [2.75, 3.05) is 18.6 Å². The fourth-order valence-corrected chi connectivity index (χ4v) is 2.41. The first kappa shape index (κ1) is 13.0. The van der Waals surface area contributed by atoms with Gasteiger partial charge in [-0.1, -0.05) is 30.3 Å². The van der Waals surface area contributed by atoms with Crippen LogP contribution in [0.15, 0.2) is 30.3 Å². The number of benzene rings is 1. The predicted octanol–water partition coefficient (Wildman–Crippen LogP) is 1.82. The molecule has 0 radical (unpaired) electrons. The maximum Gasteiger partial charge on any atom is 0.325 e. The highest BCUT2D eigenvalue weighted by atomic mass is 32.2. The van der Waals surface area contributed by atoms with Crippen LogP contribution in [-0.2, 0) is 10.3 Å². The van der Waals surface area contributed by atoms with Gasteiger partial charge in [0.1, 0.15) is 5.54 Å². The average molecular weight is 264 g/mol. The number of amides is 3. The first-order valence-electron chi connectivity index (χ1n) is 5.78. The van der Waals surface area contributed by atoms with Gasteiger partial charge in [-0.15, -0.1) is 0 Å². The van der Waals surface area contributed by atoms with Gasteiger partial charge in [0.15, 0.2) is 0 Å². The summed E-state index contributed by atoms with van der Waals surface area (Å²) in [7, 11) is 0. The highest BCUT2D eigenvalue weighted by Crippen LogP contribution is 2.28. The number of nitrogens with zero attached hydrogens (tertiary/aromatic N) is 1. The molecule has 1 fully saturated rings. The van der Waals surface area contributed by atoms with E-state index in [1.54, 1.807) is 18.7 Å². The Kier molecular flexibility index (Phi) is 3.61. The van der Waals surface area contributed by atoms with Crippen LogP contribution in [0.1, 0.15) is 12.5 Å². The van der Waals surface area contributed by atoms with Crippen molar-refractivity contribution < 1.29 is 9.59 Å². The van der Waals surface area contributed by atoms with Crippen molar-refractivity contribution >= 4 is 23.7 Å². The Balaban J connectivity index is 2.26. The van der Waals surface area contributed by atoms with Gasteiger partial charge in [0, 0.05) is 12.3 Å². The summed E-state index contributed by atoms with van der Waals surface area (Å²) < 4.78 is 0. The van der Waals surface area contributed by atoms with Crippen LogP contribution in [0.25, 0.3) is 0 Å². The summed E-state index contributed by atoms with van der Waals surface area (Å²) in [4.78, 5) is 25.5. The summed E-state index contributed by atoms with van der Waals surface area (Å²) in [6.07, 6.45) is 1.95. The molecule has 4 nitrogen and oxygen atoms in total. The molecule has 5 heteroatoms. The topological polar surface area (TPSA) is 49.4 Å². The van der Waals surface area contributed by atoms with Crippen molar-refractivity contribution in [1.29, 1.82) is 0 Å². The van der Waals surface area contributed by atoms with Crippen molar-refractivity contribution in [3.05, 3.63) is 35.9 Å². The molecule has 18 heavy (non-hydrogen) atoms. The molecular weight excluding hydrogens is 248 g/mol. The van der Waals surface area contributed by atoms with Crippen LogP contribution in [0.5, 0.6) is 0 Å². The van der Waals surface area contributed by atoms with Crippen LogP contribution < -0.4 is 5.32 Å². The van der Waals surface area contributed by atoms with E-state index in [4.69, 9.17) is 0 Å². The van der Waals surface area contributed by atoms with Gasteiger partial charge in [-0.25, -0.2) is 4.79 Å². The summed E-state index contributed by atoms with van der Waals surface area (Å²) in [6, 6.07) is 9.03. The van der Waals surface area contributed by atoms with E-state index in [1.807, 2.05) is 36.6 Å². The summed E-state index contributed by atoms with van der Waals surface area (Å²) in [5.41, 5.74) is -0.119. The number of hydrogen-bond acceptors (Lipinski definition) is 3. The van der Waals surface area contributed by atoms with Gasteiger partial charge in [0.25, 0.3) is 5.91 Å². The zero-order valence-electron chi connectivity index (χ0n) is 10.5. The van der Waals surface area contributed by atoms with Gasteiger partial charge in [0.05, 0.1) is 0 Å². The van der Waals surface area contributed by atoms with Crippen molar-refractivity contribution in [3.63, 3.8) is 0 Å². The second kappa shape index (κ2) is 5.02. The zero-order valence-corrected chi connectivity index (χ0v) is 11.3. The molecule has 1 aliphatic heterocycles. The number of urea groups is 1. The molecule has 1 saturated heterocycles. The van der Waals surface area contributed by atoms with Gasteiger partial charge in [-0.3, -0.25) is 9.69 Å². The van der Waals surface area contributed by atoms with E-state index in [-0.39, 0.29) is 11.9 Å². The Hall–Kier alpha value is -1.49. The average Bonchev–Trinajstić information content (AvgIpc) is 2.60. The first-order valence-corrected chi connectivity index (χ1v) is 7.17. The molecule has 0 unspecified atom stereocenters. The van der Waals surface area contributed by atoms with Crippen LogP contribution in [0.4, 0.5) is 4.79 Å². The molecule has 0 spiro atoms. The molecule has 0 aromatic heterocycles. The van der Waals surface area contributed by atoms with Gasteiger partial charge < -0.3 is 5.32 Å². The van der Waals surface area contributed by atoms with Gasteiger partial charge in [-0.2, -0.15) is 11.8 Å². The van der Waals surface area contributed by atoms with Crippen molar-refractivity contribution in [2.24, 2.45) is 0 Å². The van der Waals surface area contributed by atoms with E-state index < -0.39 is 5.54 Å². The van der Waals surface area contributed by atoms with Gasteiger partial charge in [-0.05, 0) is 18.7 Å². The fourth-order valence-electron chi connectivity index (χ4n) is 2.05. The molecule has 2 rings (SSSR count). The molecule has 96 valence electrons. The predicted molar refractivity (Wildman–Crippen MR) is 72.4 cm³/mol. The van der Waals surface area contributed by atoms with E-state index >= 15 is 0 Å². The van der Waals surface area contributed by atoms with Crippen LogP contribution in [0.2, 0.25) is 0 Å². The second-order valence-corrected chi connectivity index (χ2v) is 5.36. The maximum absolute atomic E-state index is 12.4. The summed E-state index contributed by atoms with van der Waals surface area (Å²) >= 11 is 1.61. The Morgan fingerprint density at radius 1 is 1.28 bits per heavy atom. The van der Waals surface area contributed by atoms with Crippen LogP contribution >= 0.6 is 11.8 Å². The lowest BCUT2D eigenvalue weighted by atomic mass is 9.92. The molecule has 1 N–H and O–H groups in total. The van der Waals surface area contributed by atoms with Gasteiger partial charge >= 0.3 is 6.03 Å². The summed E-state index contributed by atoms with van der Waals surface area (Å²) in [6.45, 7) is 2.20. The number of rotatable bonds is 4. The SMILES string of the molecule is CSCCN1C(=O)N[C@](C)(c2ccccc2)C1=O. The number of hydrogen-bond donors (Lipinski definition) is 1. The standard InChI is InChI=1S/C13H16N2O2S/c1-13(10-6-4-3-5-7-10)11(16)15(8-9-18-2)12(17)14-13/h3-7H,8-9H2,1-2H3,(H,14,17)/t13-/m1/s1. The maximum atomic E-state index is 12.4. The van der Waals surface area contributed by atoms with Crippen LogP contribution in [-0.4, -0.2) is 35.4 Å². The minimum Gasteiger partial charge on any atom is -0.319 e. The third kappa shape index (κ3) is 2.10. The zero-order chi connectivity index (χ0) is 13.2. The second-order valence-electron chi connectivity index (χ2n) is 4.37. The number of thioether (sulfide) groups is 1. The molecule has 0 aliphatic carbocycles. The molecular formula is C13H16N2O2S. The molecule has 0 bridgehead atoms. The largest absolute Gasteiger partial charge is 0.325 e. The first-order chi connectivity index (χ1) is 8.59. The van der Waals surface area contributed by atoms with Crippen LogP contribution in [0.3, 0.4) is 0 Å². The Morgan fingerprint density at radius 3 is 2.56 bits per heavy atom. The van der Waals surface area contributed by atoms with Gasteiger partial charge in [0.2, 0.25) is 0 Å². The molecule has 1 heterocycles. The smallest absolute Gasteiger partial charge is 0.319 e. The molecule has 0 saturated carbocycles. The molecule has 1 aromatic rings. The van der Waals surface area contributed by atoms with E-state index in [0.717, 1.165) is 11.3 Å². The number of carbonyl (C=O) groups is 2. The lowest BCUT2D eigenvalue weighted by molar-refractivity contribution is -0.130. The Labute approximate surface area is 111 Å². The Bertz CT molecular complexity index is 463. The number of carbonyl (C=O) groups excluding carboxylic acids is 2. The van der Waals surface area contributed by atoms with E-state index in [0.29, 0.717) is 6.54 Å². The third-order valence-corrected chi connectivity index (χ3v) is 3.74. The lowest BCUT2D eigenvalue weighted by Gasteiger charge is -2.22. The molecule has 1 aromatic carbocycles. The quantitative estimate of drug-likeness (QED) is 0.844. The Morgan fingerprint density at radius 2 is 1.94 bits per heavy atom.